The third-order valence-electron chi connectivity index (χ3n) is 4.36. The van der Waals surface area contributed by atoms with E-state index in [9.17, 15) is 0 Å². The lowest BCUT2D eigenvalue weighted by atomic mass is 10.0. The average molecular weight is 310 g/mol. The second kappa shape index (κ2) is 6.99. The minimum Gasteiger partial charge on any atom is -0.366 e. The molecule has 0 amide bonds. The molecule has 122 valence electrons. The molecule has 4 nitrogen and oxygen atoms in total. The Morgan fingerprint density at radius 3 is 2.87 bits per heavy atom. The maximum Gasteiger partial charge on any atom is 0.134 e. The summed E-state index contributed by atoms with van der Waals surface area (Å²) in [7, 11) is 0. The van der Waals surface area contributed by atoms with E-state index in [2.05, 4.69) is 64.4 Å². The standard InChI is InChI=1S/C19H26N4/c1-14-6-4-8-17(10-14)12-20-18-11-19(22-16(3)21-18)23-9-5-7-15(2)13-23/h4,6,8,10-11,15H,5,7,9,12-13H2,1-3H3,(H,20,21,22). The molecule has 1 N–H and O–H groups in total. The van der Waals surface area contributed by atoms with Crippen molar-refractivity contribution < 1.29 is 0 Å². The number of anilines is 2. The van der Waals surface area contributed by atoms with Gasteiger partial charge in [0.1, 0.15) is 17.5 Å². The van der Waals surface area contributed by atoms with Crippen LogP contribution in [0.5, 0.6) is 0 Å². The third-order valence-corrected chi connectivity index (χ3v) is 4.36. The van der Waals surface area contributed by atoms with E-state index in [0.717, 1.165) is 43.0 Å². The van der Waals surface area contributed by atoms with Crippen molar-refractivity contribution in [2.45, 2.75) is 40.2 Å². The van der Waals surface area contributed by atoms with Crippen molar-refractivity contribution in [1.82, 2.24) is 9.97 Å². The van der Waals surface area contributed by atoms with Crippen molar-refractivity contribution in [2.75, 3.05) is 23.3 Å². The Labute approximate surface area is 139 Å². The summed E-state index contributed by atoms with van der Waals surface area (Å²) in [5.74, 6) is 3.53. The molecule has 1 saturated heterocycles. The summed E-state index contributed by atoms with van der Waals surface area (Å²) in [6.45, 7) is 9.37. The van der Waals surface area contributed by atoms with Gasteiger partial charge in [-0.05, 0) is 38.2 Å². The van der Waals surface area contributed by atoms with Crippen molar-refractivity contribution in [2.24, 2.45) is 5.92 Å². The van der Waals surface area contributed by atoms with E-state index in [4.69, 9.17) is 0 Å². The van der Waals surface area contributed by atoms with Gasteiger partial charge >= 0.3 is 0 Å². The van der Waals surface area contributed by atoms with E-state index in [-0.39, 0.29) is 0 Å². The Balaban J connectivity index is 1.72. The molecule has 2 aromatic rings. The van der Waals surface area contributed by atoms with Gasteiger partial charge in [-0.3, -0.25) is 0 Å². The van der Waals surface area contributed by atoms with Gasteiger partial charge in [0.05, 0.1) is 0 Å². The summed E-state index contributed by atoms with van der Waals surface area (Å²) in [6, 6.07) is 10.6. The SMILES string of the molecule is Cc1cccc(CNc2cc(N3CCCC(C)C3)nc(C)n2)c1. The van der Waals surface area contributed by atoms with Gasteiger partial charge in [0.15, 0.2) is 0 Å². The van der Waals surface area contributed by atoms with Crippen LogP contribution in [0.25, 0.3) is 0 Å². The molecule has 0 saturated carbocycles. The van der Waals surface area contributed by atoms with Gasteiger partial charge in [-0.1, -0.05) is 36.8 Å². The summed E-state index contributed by atoms with van der Waals surface area (Å²) in [4.78, 5) is 11.6. The van der Waals surface area contributed by atoms with Gasteiger partial charge in [-0.25, -0.2) is 9.97 Å². The van der Waals surface area contributed by atoms with Crippen LogP contribution in [0.1, 0.15) is 36.7 Å². The van der Waals surface area contributed by atoms with Crippen molar-refractivity contribution >= 4 is 11.6 Å². The van der Waals surface area contributed by atoms with Crippen LogP contribution in [0, 0.1) is 19.8 Å². The highest BCUT2D eigenvalue weighted by molar-refractivity contribution is 5.50. The lowest BCUT2D eigenvalue weighted by molar-refractivity contribution is 0.444. The van der Waals surface area contributed by atoms with Gasteiger partial charge in [0.2, 0.25) is 0 Å². The second-order valence-corrected chi connectivity index (χ2v) is 6.69. The van der Waals surface area contributed by atoms with E-state index in [1.165, 1.54) is 24.0 Å². The van der Waals surface area contributed by atoms with Gasteiger partial charge in [0.25, 0.3) is 0 Å². The molecule has 0 spiro atoms. The first-order valence-electron chi connectivity index (χ1n) is 8.50. The summed E-state index contributed by atoms with van der Waals surface area (Å²) in [5, 5.41) is 3.44. The predicted octanol–water partition coefficient (Wildman–Crippen LogP) is 3.94. The van der Waals surface area contributed by atoms with Crippen LogP contribution in [0.2, 0.25) is 0 Å². The Kier molecular flexibility index (Phi) is 4.79. The Morgan fingerprint density at radius 1 is 1.22 bits per heavy atom. The highest BCUT2D eigenvalue weighted by Gasteiger charge is 2.18. The maximum atomic E-state index is 4.64. The monoisotopic (exact) mass is 310 g/mol. The number of aromatic nitrogens is 2. The molecule has 0 bridgehead atoms. The summed E-state index contributed by atoms with van der Waals surface area (Å²) < 4.78 is 0. The number of piperidine rings is 1. The van der Waals surface area contributed by atoms with Crippen molar-refractivity contribution in [1.29, 1.82) is 0 Å². The lowest BCUT2D eigenvalue weighted by Gasteiger charge is -2.32. The van der Waals surface area contributed by atoms with Gasteiger partial charge in [-0.15, -0.1) is 0 Å². The van der Waals surface area contributed by atoms with Gasteiger partial charge < -0.3 is 10.2 Å². The topological polar surface area (TPSA) is 41.0 Å². The fourth-order valence-corrected chi connectivity index (χ4v) is 3.22. The molecule has 1 aromatic heterocycles. The zero-order valence-corrected chi connectivity index (χ0v) is 14.3. The summed E-state index contributed by atoms with van der Waals surface area (Å²) in [6.07, 6.45) is 2.56. The molecule has 23 heavy (non-hydrogen) atoms. The Bertz CT molecular complexity index is 668. The largest absolute Gasteiger partial charge is 0.366 e. The highest BCUT2D eigenvalue weighted by atomic mass is 15.2. The maximum absolute atomic E-state index is 4.64. The molecule has 2 heterocycles. The lowest BCUT2D eigenvalue weighted by Crippen LogP contribution is -2.35. The number of nitrogens with zero attached hydrogens (tertiary/aromatic N) is 3. The summed E-state index contributed by atoms with van der Waals surface area (Å²) in [5.41, 5.74) is 2.56. The first kappa shape index (κ1) is 15.8. The molecule has 1 aromatic carbocycles. The van der Waals surface area contributed by atoms with Crippen molar-refractivity contribution in [3.8, 4) is 0 Å². The smallest absolute Gasteiger partial charge is 0.134 e. The molecule has 1 aliphatic heterocycles. The van der Waals surface area contributed by atoms with Gasteiger partial charge in [-0.2, -0.15) is 0 Å². The number of hydrogen-bond acceptors (Lipinski definition) is 4. The van der Waals surface area contributed by atoms with Crippen molar-refractivity contribution in [3.05, 3.63) is 47.3 Å². The molecule has 4 heteroatoms. The molecule has 1 unspecified atom stereocenters. The molecular weight excluding hydrogens is 284 g/mol. The second-order valence-electron chi connectivity index (χ2n) is 6.69. The van der Waals surface area contributed by atoms with Crippen LogP contribution in [-0.4, -0.2) is 23.1 Å². The summed E-state index contributed by atoms with van der Waals surface area (Å²) >= 11 is 0. The molecule has 0 aliphatic carbocycles. The molecule has 3 rings (SSSR count). The minimum atomic E-state index is 0.739. The first-order chi connectivity index (χ1) is 11.1. The fourth-order valence-electron chi connectivity index (χ4n) is 3.22. The van der Waals surface area contributed by atoms with E-state index in [1.807, 2.05) is 6.92 Å². The first-order valence-corrected chi connectivity index (χ1v) is 8.50. The average Bonchev–Trinajstić information content (AvgIpc) is 2.52. The number of rotatable bonds is 4. The quantitative estimate of drug-likeness (QED) is 0.928. The van der Waals surface area contributed by atoms with Crippen LogP contribution < -0.4 is 10.2 Å². The van der Waals surface area contributed by atoms with Gasteiger partial charge in [0, 0.05) is 25.7 Å². The zero-order chi connectivity index (χ0) is 16.2. The molecule has 1 aliphatic rings. The van der Waals surface area contributed by atoms with E-state index in [0.29, 0.717) is 0 Å². The van der Waals surface area contributed by atoms with E-state index >= 15 is 0 Å². The molecular formula is C19H26N4. The normalized spacial score (nSPS) is 18.0. The van der Waals surface area contributed by atoms with E-state index in [1.54, 1.807) is 0 Å². The molecule has 1 atom stereocenters. The Morgan fingerprint density at radius 2 is 2.09 bits per heavy atom. The predicted molar refractivity (Wildman–Crippen MR) is 95.9 cm³/mol. The van der Waals surface area contributed by atoms with Crippen LogP contribution in [-0.2, 0) is 6.54 Å². The third kappa shape index (κ3) is 4.21. The number of aryl methyl sites for hydroxylation is 2. The van der Waals surface area contributed by atoms with Crippen LogP contribution in [0.3, 0.4) is 0 Å². The van der Waals surface area contributed by atoms with Crippen molar-refractivity contribution in [3.63, 3.8) is 0 Å². The molecule has 0 radical (unpaired) electrons. The van der Waals surface area contributed by atoms with Crippen LogP contribution >= 0.6 is 0 Å². The highest BCUT2D eigenvalue weighted by Crippen LogP contribution is 2.23. The minimum absolute atomic E-state index is 0.739. The fraction of sp³-hybridized carbons (Fsp3) is 0.474. The zero-order valence-electron chi connectivity index (χ0n) is 14.3. The number of hydrogen-bond donors (Lipinski definition) is 1. The van der Waals surface area contributed by atoms with Crippen LogP contribution in [0.15, 0.2) is 30.3 Å². The number of benzene rings is 1. The van der Waals surface area contributed by atoms with Crippen LogP contribution in [0.4, 0.5) is 11.6 Å². The number of nitrogens with one attached hydrogen (secondary N) is 1. The van der Waals surface area contributed by atoms with E-state index < -0.39 is 0 Å². The Hall–Kier alpha value is -2.10. The molecule has 1 fully saturated rings.